The van der Waals surface area contributed by atoms with Gasteiger partial charge >= 0.3 is 0 Å². The molecule has 170 valence electrons. The minimum atomic E-state index is -0.316. The summed E-state index contributed by atoms with van der Waals surface area (Å²) >= 11 is 0. The lowest BCUT2D eigenvalue weighted by atomic mass is 10.1. The first-order valence-electron chi connectivity index (χ1n) is 10.9. The van der Waals surface area contributed by atoms with Crippen molar-refractivity contribution in [3.05, 3.63) is 53.8 Å². The van der Waals surface area contributed by atoms with Gasteiger partial charge < -0.3 is 19.3 Å². The lowest BCUT2D eigenvalue weighted by molar-refractivity contribution is -0.915. The average Bonchev–Trinajstić information content (AvgIpc) is 3.11. The number of methoxy groups -OCH3 is 2. The van der Waals surface area contributed by atoms with Gasteiger partial charge in [-0.15, -0.1) is 0 Å². The van der Waals surface area contributed by atoms with Gasteiger partial charge in [0.15, 0.2) is 17.5 Å². The quantitative estimate of drug-likeness (QED) is 0.647. The molecule has 0 aliphatic carbocycles. The molecule has 0 spiro atoms. The van der Waals surface area contributed by atoms with E-state index in [-0.39, 0.29) is 30.1 Å². The number of imide groups is 1. The van der Waals surface area contributed by atoms with E-state index < -0.39 is 0 Å². The number of nitrogens with zero attached hydrogens (tertiary/aromatic N) is 2. The molecule has 2 fully saturated rings. The SMILES string of the molecule is COc1ccc(CCN2C(=O)C[C@H]([NH+]3CCN(c4ccc(F)cc4)CC3)C2=O)cc1OC. The number of amides is 2. The Bertz CT molecular complexity index is 974. The minimum absolute atomic E-state index is 0.0827. The van der Waals surface area contributed by atoms with Gasteiger partial charge in [0.1, 0.15) is 5.82 Å². The lowest BCUT2D eigenvalue weighted by Crippen LogP contribution is -3.19. The van der Waals surface area contributed by atoms with Crippen molar-refractivity contribution in [2.24, 2.45) is 0 Å². The summed E-state index contributed by atoms with van der Waals surface area (Å²) in [4.78, 5) is 30.4. The number of halogens is 1. The zero-order valence-electron chi connectivity index (χ0n) is 18.5. The molecule has 2 amide bonds. The number of hydrogen-bond acceptors (Lipinski definition) is 5. The Hall–Kier alpha value is -3.13. The van der Waals surface area contributed by atoms with Crippen LogP contribution in [0.25, 0.3) is 0 Å². The third-order valence-electron chi connectivity index (χ3n) is 6.41. The van der Waals surface area contributed by atoms with Crippen LogP contribution in [0.3, 0.4) is 0 Å². The zero-order valence-corrected chi connectivity index (χ0v) is 18.5. The summed E-state index contributed by atoms with van der Waals surface area (Å²) in [5.41, 5.74) is 1.96. The van der Waals surface area contributed by atoms with Crippen LogP contribution in [0.5, 0.6) is 11.5 Å². The standard InChI is InChI=1S/C24H28FN3O4/c1-31-21-8-3-17(15-22(21)32-2)9-10-28-23(29)16-20(24(28)30)27-13-11-26(12-14-27)19-6-4-18(25)5-7-19/h3-8,15,20H,9-14,16H2,1-2H3/p+1/t20-/m0/s1. The molecule has 0 aromatic heterocycles. The molecule has 2 aromatic rings. The number of quaternary nitrogens is 1. The number of ether oxygens (including phenoxy) is 2. The number of rotatable bonds is 7. The molecule has 2 aliphatic rings. The molecule has 2 aromatic carbocycles. The number of likely N-dealkylation sites (tertiary alicyclic amines) is 1. The number of carbonyl (C=O) groups excluding carboxylic acids is 2. The van der Waals surface area contributed by atoms with Crippen molar-refractivity contribution < 1.29 is 28.4 Å². The molecule has 1 N–H and O–H groups in total. The zero-order chi connectivity index (χ0) is 22.7. The van der Waals surface area contributed by atoms with E-state index in [9.17, 15) is 14.0 Å². The van der Waals surface area contributed by atoms with E-state index in [2.05, 4.69) is 4.90 Å². The lowest BCUT2D eigenvalue weighted by Gasteiger charge is -2.35. The number of piperazine rings is 1. The number of carbonyl (C=O) groups is 2. The van der Waals surface area contributed by atoms with Crippen LogP contribution in [-0.4, -0.2) is 69.7 Å². The topological polar surface area (TPSA) is 63.5 Å². The van der Waals surface area contributed by atoms with Gasteiger partial charge in [-0.2, -0.15) is 0 Å². The van der Waals surface area contributed by atoms with Gasteiger partial charge in [0.25, 0.3) is 5.91 Å². The van der Waals surface area contributed by atoms with E-state index in [0.29, 0.717) is 24.5 Å². The maximum atomic E-state index is 13.2. The number of anilines is 1. The van der Waals surface area contributed by atoms with Crippen molar-refractivity contribution in [3.63, 3.8) is 0 Å². The Morgan fingerprint density at radius 1 is 1.00 bits per heavy atom. The highest BCUT2D eigenvalue weighted by atomic mass is 19.1. The molecule has 0 bridgehead atoms. The Labute approximate surface area is 187 Å². The van der Waals surface area contributed by atoms with Crippen LogP contribution in [0, 0.1) is 5.82 Å². The molecule has 4 rings (SSSR count). The molecule has 0 saturated carbocycles. The van der Waals surface area contributed by atoms with Gasteiger partial charge in [-0.25, -0.2) is 4.39 Å². The van der Waals surface area contributed by atoms with Crippen molar-refractivity contribution in [3.8, 4) is 11.5 Å². The summed E-state index contributed by atoms with van der Waals surface area (Å²) in [6, 6.07) is 11.8. The smallest absolute Gasteiger partial charge is 0.288 e. The monoisotopic (exact) mass is 442 g/mol. The third kappa shape index (κ3) is 4.55. The second-order valence-electron chi connectivity index (χ2n) is 8.20. The molecule has 32 heavy (non-hydrogen) atoms. The predicted molar refractivity (Wildman–Crippen MR) is 118 cm³/mol. The van der Waals surface area contributed by atoms with Gasteiger partial charge in [0, 0.05) is 12.2 Å². The largest absolute Gasteiger partial charge is 0.493 e. The molecule has 1 atom stereocenters. The number of hydrogen-bond donors (Lipinski definition) is 1. The summed E-state index contributed by atoms with van der Waals surface area (Å²) in [5.74, 6) is 0.842. The average molecular weight is 443 g/mol. The first kappa shape index (κ1) is 22.1. The molecule has 2 saturated heterocycles. The Kier molecular flexibility index (Phi) is 6.60. The van der Waals surface area contributed by atoms with Crippen LogP contribution in [0.1, 0.15) is 12.0 Å². The maximum Gasteiger partial charge on any atom is 0.288 e. The third-order valence-corrected chi connectivity index (χ3v) is 6.41. The first-order chi connectivity index (χ1) is 15.5. The van der Waals surface area contributed by atoms with Crippen LogP contribution in [0.2, 0.25) is 0 Å². The predicted octanol–water partition coefficient (Wildman–Crippen LogP) is 0.918. The van der Waals surface area contributed by atoms with Crippen molar-refractivity contribution in [2.45, 2.75) is 18.9 Å². The van der Waals surface area contributed by atoms with E-state index >= 15 is 0 Å². The van der Waals surface area contributed by atoms with E-state index in [4.69, 9.17) is 9.47 Å². The fourth-order valence-corrected chi connectivity index (χ4v) is 4.57. The molecule has 7 nitrogen and oxygen atoms in total. The Morgan fingerprint density at radius 2 is 1.69 bits per heavy atom. The summed E-state index contributed by atoms with van der Waals surface area (Å²) < 4.78 is 23.8. The van der Waals surface area contributed by atoms with Crippen LogP contribution < -0.4 is 19.3 Å². The number of benzene rings is 2. The summed E-state index contributed by atoms with van der Waals surface area (Å²) in [7, 11) is 3.17. The molecule has 0 radical (unpaired) electrons. The molecule has 0 unspecified atom stereocenters. The molecular formula is C24H29FN3O4+. The van der Waals surface area contributed by atoms with Gasteiger partial charge in [-0.05, 0) is 48.4 Å². The molecule has 8 heteroatoms. The highest BCUT2D eigenvalue weighted by Gasteiger charge is 2.45. The molecule has 2 heterocycles. The van der Waals surface area contributed by atoms with Crippen LogP contribution in [-0.2, 0) is 16.0 Å². The fraction of sp³-hybridized carbons (Fsp3) is 0.417. The summed E-state index contributed by atoms with van der Waals surface area (Å²) in [5, 5.41) is 0. The van der Waals surface area contributed by atoms with E-state index in [1.54, 1.807) is 26.4 Å². The van der Waals surface area contributed by atoms with Gasteiger partial charge in [-0.1, -0.05) is 6.07 Å². The Balaban J connectivity index is 1.33. The molecular weight excluding hydrogens is 413 g/mol. The van der Waals surface area contributed by atoms with Crippen LogP contribution in [0.15, 0.2) is 42.5 Å². The maximum absolute atomic E-state index is 13.2. The Morgan fingerprint density at radius 3 is 2.34 bits per heavy atom. The second-order valence-corrected chi connectivity index (χ2v) is 8.20. The second kappa shape index (κ2) is 9.56. The van der Waals surface area contributed by atoms with Crippen molar-refractivity contribution in [1.29, 1.82) is 0 Å². The van der Waals surface area contributed by atoms with E-state index in [0.717, 1.165) is 42.3 Å². The van der Waals surface area contributed by atoms with E-state index in [1.165, 1.54) is 17.0 Å². The van der Waals surface area contributed by atoms with Gasteiger partial charge in [0.2, 0.25) is 5.91 Å². The highest BCUT2D eigenvalue weighted by Crippen LogP contribution is 2.28. The molecule has 2 aliphatic heterocycles. The first-order valence-corrected chi connectivity index (χ1v) is 10.9. The van der Waals surface area contributed by atoms with Crippen molar-refractivity contribution in [1.82, 2.24) is 4.90 Å². The van der Waals surface area contributed by atoms with E-state index in [1.807, 2.05) is 18.2 Å². The van der Waals surface area contributed by atoms with Crippen molar-refractivity contribution in [2.75, 3.05) is 51.8 Å². The van der Waals surface area contributed by atoms with Crippen LogP contribution >= 0.6 is 0 Å². The highest BCUT2D eigenvalue weighted by molar-refractivity contribution is 6.04. The summed E-state index contributed by atoms with van der Waals surface area (Å²) in [6.07, 6.45) is 0.828. The van der Waals surface area contributed by atoms with Gasteiger partial charge in [0.05, 0.1) is 46.8 Å². The summed E-state index contributed by atoms with van der Waals surface area (Å²) in [6.45, 7) is 3.43. The van der Waals surface area contributed by atoms with Crippen LogP contribution in [0.4, 0.5) is 10.1 Å². The minimum Gasteiger partial charge on any atom is -0.493 e. The van der Waals surface area contributed by atoms with Gasteiger partial charge in [-0.3, -0.25) is 14.5 Å². The fourth-order valence-electron chi connectivity index (χ4n) is 4.57. The normalized spacial score (nSPS) is 19.5. The van der Waals surface area contributed by atoms with Crippen molar-refractivity contribution >= 4 is 17.5 Å². The number of nitrogens with one attached hydrogen (secondary N) is 1.